The van der Waals surface area contributed by atoms with Gasteiger partial charge in [-0.1, -0.05) is 0 Å². The molecule has 0 aliphatic rings. The first-order valence-corrected chi connectivity index (χ1v) is 7.54. The number of amides is 1. The van der Waals surface area contributed by atoms with E-state index in [1.54, 1.807) is 24.5 Å². The number of rotatable bonds is 4. The Labute approximate surface area is 113 Å². The van der Waals surface area contributed by atoms with Crippen molar-refractivity contribution in [2.24, 2.45) is 0 Å². The highest BCUT2D eigenvalue weighted by Crippen LogP contribution is 2.18. The van der Waals surface area contributed by atoms with Crippen molar-refractivity contribution in [3.8, 4) is 0 Å². The van der Waals surface area contributed by atoms with E-state index in [9.17, 15) is 9.00 Å². The summed E-state index contributed by atoms with van der Waals surface area (Å²) in [6, 6.07) is 5.05. The van der Waals surface area contributed by atoms with Crippen LogP contribution in [0.15, 0.2) is 18.2 Å². The molecule has 1 aromatic carbocycles. The fraction of sp³-hybridized carbons (Fsp3) is 0.333. The number of H-pyrrole nitrogens is 1. The summed E-state index contributed by atoms with van der Waals surface area (Å²) in [6.07, 6.45) is 1.60. The van der Waals surface area contributed by atoms with E-state index in [4.69, 9.17) is 5.73 Å². The molecular weight excluding hydrogens is 264 g/mol. The number of nitrogens with one attached hydrogen (secondary N) is 2. The van der Waals surface area contributed by atoms with Gasteiger partial charge in [0.2, 0.25) is 0 Å². The van der Waals surface area contributed by atoms with Gasteiger partial charge < -0.3 is 11.1 Å². The van der Waals surface area contributed by atoms with Crippen LogP contribution in [-0.2, 0) is 10.8 Å². The molecular formula is C12H16N4O2S. The number of carbonyl (C=O) groups is 1. The number of nitrogens with two attached hydrogens (primary N) is 1. The van der Waals surface area contributed by atoms with E-state index in [1.165, 1.54) is 0 Å². The third-order valence-electron chi connectivity index (χ3n) is 2.66. The maximum atomic E-state index is 12.1. The second-order valence-corrected chi connectivity index (χ2v) is 5.97. The van der Waals surface area contributed by atoms with Crippen molar-refractivity contribution >= 4 is 33.3 Å². The van der Waals surface area contributed by atoms with Crippen molar-refractivity contribution in [3.05, 3.63) is 23.9 Å². The van der Waals surface area contributed by atoms with Gasteiger partial charge in [0, 0.05) is 39.9 Å². The van der Waals surface area contributed by atoms with E-state index in [0.29, 0.717) is 22.5 Å². The van der Waals surface area contributed by atoms with Crippen LogP contribution in [0.5, 0.6) is 0 Å². The van der Waals surface area contributed by atoms with Crippen LogP contribution in [0, 0.1) is 0 Å². The number of fused-ring (bicyclic) bond motifs is 1. The number of aromatic nitrogens is 2. The molecule has 2 atom stereocenters. The van der Waals surface area contributed by atoms with Crippen LogP contribution in [0.1, 0.15) is 17.4 Å². The molecule has 102 valence electrons. The quantitative estimate of drug-likeness (QED) is 0.715. The highest BCUT2D eigenvalue weighted by atomic mass is 32.2. The fourth-order valence-electron chi connectivity index (χ4n) is 1.89. The van der Waals surface area contributed by atoms with Crippen molar-refractivity contribution in [3.63, 3.8) is 0 Å². The lowest BCUT2D eigenvalue weighted by Crippen LogP contribution is -2.36. The Morgan fingerprint density at radius 2 is 2.32 bits per heavy atom. The molecule has 0 aliphatic heterocycles. The Balaban J connectivity index is 2.22. The molecule has 0 spiro atoms. The molecule has 1 heterocycles. The molecule has 6 nitrogen and oxygen atoms in total. The van der Waals surface area contributed by atoms with Crippen LogP contribution >= 0.6 is 0 Å². The topological polar surface area (TPSA) is 101 Å². The maximum Gasteiger partial charge on any atom is 0.272 e. The molecule has 19 heavy (non-hydrogen) atoms. The van der Waals surface area contributed by atoms with Crippen LogP contribution in [0.25, 0.3) is 10.9 Å². The molecule has 2 unspecified atom stereocenters. The first-order chi connectivity index (χ1) is 8.97. The van der Waals surface area contributed by atoms with Gasteiger partial charge in [0.1, 0.15) is 0 Å². The third-order valence-corrected chi connectivity index (χ3v) is 3.63. The van der Waals surface area contributed by atoms with Crippen LogP contribution < -0.4 is 11.1 Å². The summed E-state index contributed by atoms with van der Waals surface area (Å²) in [6.45, 7) is 1.81. The number of nitrogen functional groups attached to an aromatic ring is 1. The van der Waals surface area contributed by atoms with Crippen LogP contribution in [0.2, 0.25) is 0 Å². The average Bonchev–Trinajstić information content (AvgIpc) is 2.70. The molecule has 1 amide bonds. The molecule has 0 bridgehead atoms. The lowest BCUT2D eigenvalue weighted by atomic mass is 10.2. The highest BCUT2D eigenvalue weighted by molar-refractivity contribution is 7.84. The summed E-state index contributed by atoms with van der Waals surface area (Å²) in [4.78, 5) is 12.1. The molecule has 2 aromatic rings. The van der Waals surface area contributed by atoms with E-state index in [0.717, 1.165) is 5.52 Å². The predicted molar refractivity (Wildman–Crippen MR) is 76.4 cm³/mol. The van der Waals surface area contributed by atoms with E-state index in [2.05, 4.69) is 15.5 Å². The van der Waals surface area contributed by atoms with Gasteiger partial charge in [-0.25, -0.2) is 0 Å². The molecule has 0 saturated heterocycles. The average molecular weight is 280 g/mol. The number of hydrogen-bond acceptors (Lipinski definition) is 4. The largest absolute Gasteiger partial charge is 0.399 e. The molecule has 4 N–H and O–H groups in total. The number of carbonyl (C=O) groups excluding carboxylic acids is 1. The Morgan fingerprint density at radius 1 is 1.58 bits per heavy atom. The lowest BCUT2D eigenvalue weighted by molar-refractivity contribution is 0.0940. The minimum absolute atomic E-state index is 0.175. The Kier molecular flexibility index (Phi) is 3.84. The normalized spacial score (nSPS) is 14.2. The Bertz CT molecular complexity index is 638. The van der Waals surface area contributed by atoms with Gasteiger partial charge in [0.25, 0.3) is 5.91 Å². The number of hydrogen-bond donors (Lipinski definition) is 3. The number of benzene rings is 1. The summed E-state index contributed by atoms with van der Waals surface area (Å²) in [5, 5.41) is 10.2. The van der Waals surface area contributed by atoms with E-state index in [-0.39, 0.29) is 11.9 Å². The van der Waals surface area contributed by atoms with Gasteiger partial charge in [-0.3, -0.25) is 14.1 Å². The number of aromatic amines is 1. The summed E-state index contributed by atoms with van der Waals surface area (Å²) in [5.74, 6) is 0.116. The lowest BCUT2D eigenvalue weighted by Gasteiger charge is -2.11. The van der Waals surface area contributed by atoms with Crippen molar-refractivity contribution in [1.82, 2.24) is 15.5 Å². The summed E-state index contributed by atoms with van der Waals surface area (Å²) in [7, 11) is -0.953. The fourth-order valence-corrected chi connectivity index (χ4v) is 2.68. The molecule has 0 saturated carbocycles. The zero-order valence-electron chi connectivity index (χ0n) is 10.8. The van der Waals surface area contributed by atoms with E-state index in [1.807, 2.05) is 6.92 Å². The summed E-state index contributed by atoms with van der Waals surface area (Å²) < 4.78 is 11.1. The van der Waals surface area contributed by atoms with Crippen molar-refractivity contribution in [2.75, 3.05) is 17.7 Å². The highest BCUT2D eigenvalue weighted by Gasteiger charge is 2.16. The monoisotopic (exact) mass is 280 g/mol. The van der Waals surface area contributed by atoms with E-state index < -0.39 is 10.8 Å². The molecule has 1 aromatic heterocycles. The molecule has 0 radical (unpaired) electrons. The summed E-state index contributed by atoms with van der Waals surface area (Å²) in [5.41, 5.74) is 7.34. The van der Waals surface area contributed by atoms with Gasteiger partial charge >= 0.3 is 0 Å². The first kappa shape index (κ1) is 13.5. The molecule has 2 rings (SSSR count). The van der Waals surface area contributed by atoms with Gasteiger partial charge in [0.15, 0.2) is 5.69 Å². The maximum absolute atomic E-state index is 12.1. The second kappa shape index (κ2) is 5.40. The zero-order chi connectivity index (χ0) is 14.0. The van der Waals surface area contributed by atoms with Crippen LogP contribution in [0.4, 0.5) is 5.69 Å². The number of anilines is 1. The zero-order valence-corrected chi connectivity index (χ0v) is 11.6. The second-order valence-electron chi connectivity index (χ2n) is 4.49. The predicted octanol–water partition coefficient (Wildman–Crippen LogP) is 0.642. The molecule has 0 fully saturated rings. The Morgan fingerprint density at radius 3 is 3.00 bits per heavy atom. The standard InChI is InChI=1S/C12H16N4O2S/c1-7(6-19(2)18)14-12(17)11-9-5-8(13)3-4-10(9)15-16-11/h3-5,7H,6,13H2,1-2H3,(H,14,17)(H,15,16). The molecule has 7 heteroatoms. The van der Waals surface area contributed by atoms with Gasteiger partial charge in [-0.15, -0.1) is 0 Å². The van der Waals surface area contributed by atoms with Crippen molar-refractivity contribution in [2.45, 2.75) is 13.0 Å². The Hall–Kier alpha value is -1.89. The van der Waals surface area contributed by atoms with Crippen molar-refractivity contribution < 1.29 is 9.00 Å². The molecule has 0 aliphatic carbocycles. The smallest absolute Gasteiger partial charge is 0.272 e. The van der Waals surface area contributed by atoms with Gasteiger partial charge in [-0.05, 0) is 25.1 Å². The minimum atomic E-state index is -0.953. The van der Waals surface area contributed by atoms with E-state index >= 15 is 0 Å². The van der Waals surface area contributed by atoms with Crippen molar-refractivity contribution in [1.29, 1.82) is 0 Å². The third kappa shape index (κ3) is 3.11. The van der Waals surface area contributed by atoms with Crippen LogP contribution in [0.3, 0.4) is 0 Å². The number of nitrogens with zero attached hydrogens (tertiary/aromatic N) is 1. The first-order valence-electron chi connectivity index (χ1n) is 5.82. The minimum Gasteiger partial charge on any atom is -0.399 e. The van der Waals surface area contributed by atoms with Gasteiger partial charge in [-0.2, -0.15) is 5.10 Å². The van der Waals surface area contributed by atoms with Gasteiger partial charge in [0.05, 0.1) is 5.52 Å². The van der Waals surface area contributed by atoms with Crippen LogP contribution in [-0.4, -0.2) is 38.4 Å². The SMILES string of the molecule is CC(CS(C)=O)NC(=O)c1n[nH]c2ccc(N)cc12. The summed E-state index contributed by atoms with van der Waals surface area (Å²) >= 11 is 0.